The summed E-state index contributed by atoms with van der Waals surface area (Å²) >= 11 is 5.66. The van der Waals surface area contributed by atoms with Crippen LogP contribution in [-0.4, -0.2) is 0 Å². The molecule has 3 nitrogen and oxygen atoms in total. The van der Waals surface area contributed by atoms with Crippen molar-refractivity contribution in [1.82, 2.24) is 0 Å². The quantitative estimate of drug-likeness (QED) is 0.289. The van der Waals surface area contributed by atoms with Crippen molar-refractivity contribution in [2.45, 2.75) is 12.8 Å². The molecule has 0 amide bonds. The topological polar surface area (TPSA) is 48.8 Å². The Kier molecular flexibility index (Phi) is 2.97. The number of rotatable bonds is 2. The molecule has 0 fully saturated rings. The van der Waals surface area contributed by atoms with Crippen molar-refractivity contribution < 1.29 is 0 Å². The maximum Gasteiger partial charge on any atom is 0.0478 e. The first kappa shape index (κ1) is 8.91. The smallest absolute Gasteiger partial charge is 0.0478 e. The van der Waals surface area contributed by atoms with Gasteiger partial charge in [0.25, 0.3) is 0 Å². The molecule has 1 aromatic rings. The summed E-state index contributed by atoms with van der Waals surface area (Å²) in [4.78, 5) is 2.74. The summed E-state index contributed by atoms with van der Waals surface area (Å²) in [6, 6.07) is 5.63. The molecule has 62 valence electrons. The third-order valence-corrected chi connectivity index (χ3v) is 1.90. The first-order chi connectivity index (χ1) is 5.79. The Bertz CT molecular complexity index is 329. The Morgan fingerprint density at radius 1 is 1.58 bits per heavy atom. The second kappa shape index (κ2) is 4.00. The normalized spacial score (nSPS) is 9.17. The van der Waals surface area contributed by atoms with Crippen LogP contribution in [0.25, 0.3) is 10.4 Å². The predicted octanol–water partition coefficient (Wildman–Crippen LogP) is 3.68. The van der Waals surface area contributed by atoms with Crippen molar-refractivity contribution in [3.05, 3.63) is 39.8 Å². The van der Waals surface area contributed by atoms with Gasteiger partial charge >= 0.3 is 0 Å². The van der Waals surface area contributed by atoms with Crippen LogP contribution in [-0.2, 0) is 5.88 Å². The summed E-state index contributed by atoms with van der Waals surface area (Å²) < 4.78 is 0. The van der Waals surface area contributed by atoms with E-state index in [4.69, 9.17) is 17.1 Å². The molecule has 0 aromatic heterocycles. The van der Waals surface area contributed by atoms with Crippen LogP contribution in [0.4, 0.5) is 5.69 Å². The number of hydrogen-bond donors (Lipinski definition) is 0. The van der Waals surface area contributed by atoms with Gasteiger partial charge in [0.2, 0.25) is 0 Å². The molecule has 0 saturated carbocycles. The van der Waals surface area contributed by atoms with Crippen LogP contribution in [0.3, 0.4) is 0 Å². The van der Waals surface area contributed by atoms with E-state index in [0.717, 1.165) is 11.1 Å². The van der Waals surface area contributed by atoms with Crippen molar-refractivity contribution in [3.63, 3.8) is 0 Å². The summed E-state index contributed by atoms with van der Waals surface area (Å²) in [7, 11) is 0. The molecule has 0 N–H and O–H groups in total. The summed E-state index contributed by atoms with van der Waals surface area (Å²) in [6.45, 7) is 1.89. The van der Waals surface area contributed by atoms with Crippen molar-refractivity contribution in [2.75, 3.05) is 0 Å². The van der Waals surface area contributed by atoms with Gasteiger partial charge < -0.3 is 0 Å². The molecule has 0 atom stereocenters. The van der Waals surface area contributed by atoms with Crippen molar-refractivity contribution >= 4 is 17.3 Å². The molecule has 0 aliphatic heterocycles. The average Bonchev–Trinajstić information content (AvgIpc) is 2.09. The Morgan fingerprint density at radius 2 is 2.33 bits per heavy atom. The zero-order valence-electron chi connectivity index (χ0n) is 6.66. The van der Waals surface area contributed by atoms with Crippen LogP contribution in [0.2, 0.25) is 0 Å². The number of aryl methyl sites for hydroxylation is 1. The van der Waals surface area contributed by atoms with E-state index in [1.54, 1.807) is 0 Å². The SMILES string of the molecule is Cc1cccc(CCl)c1N=[N+]=[N-]. The zero-order chi connectivity index (χ0) is 8.97. The Morgan fingerprint density at radius 3 is 2.92 bits per heavy atom. The fraction of sp³-hybridized carbons (Fsp3) is 0.250. The second-order valence-corrected chi connectivity index (χ2v) is 2.67. The molecule has 0 heterocycles. The van der Waals surface area contributed by atoms with Gasteiger partial charge in [-0.05, 0) is 23.6 Å². The third kappa shape index (κ3) is 1.70. The largest absolute Gasteiger partial charge is 0.122 e. The number of benzene rings is 1. The third-order valence-electron chi connectivity index (χ3n) is 1.61. The fourth-order valence-electron chi connectivity index (χ4n) is 1.02. The first-order valence-electron chi connectivity index (χ1n) is 3.49. The Balaban J connectivity index is 3.28. The molecule has 0 bridgehead atoms. The predicted molar refractivity (Wildman–Crippen MR) is 49.5 cm³/mol. The van der Waals surface area contributed by atoms with Gasteiger partial charge in [-0.25, -0.2) is 0 Å². The Hall–Kier alpha value is -1.18. The maximum atomic E-state index is 8.28. The van der Waals surface area contributed by atoms with Crippen LogP contribution in [0.1, 0.15) is 11.1 Å². The monoisotopic (exact) mass is 181 g/mol. The lowest BCUT2D eigenvalue weighted by molar-refractivity contribution is 1.29. The molecule has 0 saturated heterocycles. The number of nitrogens with zero attached hydrogens (tertiary/aromatic N) is 3. The first-order valence-corrected chi connectivity index (χ1v) is 4.02. The van der Waals surface area contributed by atoms with Crippen molar-refractivity contribution in [1.29, 1.82) is 0 Å². The molecule has 0 aliphatic carbocycles. The molecule has 12 heavy (non-hydrogen) atoms. The second-order valence-electron chi connectivity index (χ2n) is 2.41. The highest BCUT2D eigenvalue weighted by atomic mass is 35.5. The van der Waals surface area contributed by atoms with Crippen LogP contribution < -0.4 is 0 Å². The highest BCUT2D eigenvalue weighted by molar-refractivity contribution is 6.17. The van der Waals surface area contributed by atoms with E-state index in [2.05, 4.69) is 10.0 Å². The van der Waals surface area contributed by atoms with Crippen molar-refractivity contribution in [3.8, 4) is 0 Å². The van der Waals surface area contributed by atoms with Crippen LogP contribution >= 0.6 is 11.6 Å². The maximum absolute atomic E-state index is 8.28. The summed E-state index contributed by atoms with van der Waals surface area (Å²) in [5.74, 6) is 0.371. The standard InChI is InChI=1S/C8H8ClN3/c1-6-3-2-4-7(5-9)8(6)11-12-10/h2-4H,5H2,1H3. The van der Waals surface area contributed by atoms with E-state index in [9.17, 15) is 0 Å². The molecule has 0 unspecified atom stereocenters. The van der Waals surface area contributed by atoms with Gasteiger partial charge in [-0.2, -0.15) is 0 Å². The molecule has 4 heteroatoms. The summed E-state index contributed by atoms with van der Waals surface area (Å²) in [5, 5.41) is 3.57. The molecule has 0 radical (unpaired) electrons. The van der Waals surface area contributed by atoms with E-state index < -0.39 is 0 Å². The van der Waals surface area contributed by atoms with Gasteiger partial charge in [0.15, 0.2) is 0 Å². The molecular weight excluding hydrogens is 174 g/mol. The van der Waals surface area contributed by atoms with E-state index in [1.165, 1.54) is 0 Å². The summed E-state index contributed by atoms with van der Waals surface area (Å²) in [5.41, 5.74) is 10.7. The van der Waals surface area contributed by atoms with Gasteiger partial charge in [-0.15, -0.1) is 11.6 Å². The van der Waals surface area contributed by atoms with Crippen LogP contribution in [0, 0.1) is 6.92 Å². The molecule has 1 rings (SSSR count). The minimum Gasteiger partial charge on any atom is -0.122 e. The number of hydrogen-bond acceptors (Lipinski definition) is 1. The van der Waals surface area contributed by atoms with Crippen molar-refractivity contribution in [2.24, 2.45) is 5.11 Å². The molecule has 0 spiro atoms. The molecule has 0 aliphatic rings. The molecular formula is C8H8ClN3. The van der Waals surface area contributed by atoms with E-state index in [-0.39, 0.29) is 0 Å². The lowest BCUT2D eigenvalue weighted by atomic mass is 10.1. The van der Waals surface area contributed by atoms with E-state index in [0.29, 0.717) is 11.6 Å². The lowest BCUT2D eigenvalue weighted by Crippen LogP contribution is -1.81. The van der Waals surface area contributed by atoms with E-state index in [1.807, 2.05) is 25.1 Å². The highest BCUT2D eigenvalue weighted by Crippen LogP contribution is 2.25. The zero-order valence-corrected chi connectivity index (χ0v) is 7.41. The Labute approximate surface area is 75.6 Å². The number of azide groups is 1. The highest BCUT2D eigenvalue weighted by Gasteiger charge is 2.00. The van der Waals surface area contributed by atoms with Gasteiger partial charge in [0.05, 0.1) is 0 Å². The van der Waals surface area contributed by atoms with Gasteiger partial charge in [0, 0.05) is 16.5 Å². The van der Waals surface area contributed by atoms with Gasteiger partial charge in [0.1, 0.15) is 0 Å². The van der Waals surface area contributed by atoms with E-state index >= 15 is 0 Å². The lowest BCUT2D eigenvalue weighted by Gasteiger charge is -2.03. The summed E-state index contributed by atoms with van der Waals surface area (Å²) in [6.07, 6.45) is 0. The minimum absolute atomic E-state index is 0.371. The number of halogens is 1. The fourth-order valence-corrected chi connectivity index (χ4v) is 1.23. The van der Waals surface area contributed by atoms with Gasteiger partial charge in [-0.3, -0.25) is 0 Å². The number of alkyl halides is 1. The van der Waals surface area contributed by atoms with Crippen LogP contribution in [0.5, 0.6) is 0 Å². The van der Waals surface area contributed by atoms with Gasteiger partial charge in [-0.1, -0.05) is 23.3 Å². The average molecular weight is 182 g/mol. The van der Waals surface area contributed by atoms with Crippen LogP contribution in [0.15, 0.2) is 23.3 Å². The molecule has 1 aromatic carbocycles. The minimum atomic E-state index is 0.371.